The van der Waals surface area contributed by atoms with Crippen molar-refractivity contribution in [3.8, 4) is 0 Å². The molecule has 34 heavy (non-hydrogen) atoms. The molecule has 0 atom stereocenters. The molecule has 3 N–H and O–H groups in total. The van der Waals surface area contributed by atoms with Crippen molar-refractivity contribution < 1.29 is 18.0 Å². The fourth-order valence-electron chi connectivity index (χ4n) is 4.75. The highest BCUT2D eigenvalue weighted by Gasteiger charge is 2.24. The van der Waals surface area contributed by atoms with Gasteiger partial charge in [0.15, 0.2) is 0 Å². The molecule has 0 unspecified atom stereocenters. The summed E-state index contributed by atoms with van der Waals surface area (Å²) in [4.78, 5) is 26.5. The maximum absolute atomic E-state index is 12.6. The minimum atomic E-state index is -3.94. The molecule has 0 aromatic heterocycles. The molecule has 1 aromatic rings. The number of nitrogens with one attached hydrogen (secondary N) is 3. The van der Waals surface area contributed by atoms with Crippen molar-refractivity contribution in [3.05, 3.63) is 41.0 Å². The van der Waals surface area contributed by atoms with Gasteiger partial charge in [0.25, 0.3) is 10.0 Å². The van der Waals surface area contributed by atoms with E-state index in [9.17, 15) is 18.0 Å². The van der Waals surface area contributed by atoms with Gasteiger partial charge in [0.2, 0.25) is 0 Å². The SMILES string of the molecule is CCC1=C(C)CN(C(=O)NCCc2ccc(S(=O)(=O)NC(=O)NC3CCC(CC)CC3)cc2)C1. The van der Waals surface area contributed by atoms with Crippen LogP contribution in [0.3, 0.4) is 0 Å². The Hall–Kier alpha value is -2.55. The molecule has 1 aromatic carbocycles. The summed E-state index contributed by atoms with van der Waals surface area (Å²) in [6, 6.07) is 5.65. The number of rotatable bonds is 8. The lowest BCUT2D eigenvalue weighted by atomic mass is 9.85. The molecular formula is C25H38N4O4S. The van der Waals surface area contributed by atoms with Gasteiger partial charge in [0.05, 0.1) is 4.90 Å². The summed E-state index contributed by atoms with van der Waals surface area (Å²) in [5.74, 6) is 0.701. The first-order chi connectivity index (χ1) is 16.2. The second-order valence-corrected chi connectivity index (χ2v) is 11.1. The number of benzene rings is 1. The Bertz CT molecular complexity index is 996. The Morgan fingerprint density at radius 3 is 2.29 bits per heavy atom. The van der Waals surface area contributed by atoms with Crippen molar-refractivity contribution in [1.82, 2.24) is 20.3 Å². The minimum absolute atomic E-state index is 0.0180. The summed E-state index contributed by atoms with van der Waals surface area (Å²) in [5, 5.41) is 5.73. The van der Waals surface area contributed by atoms with E-state index in [1.165, 1.54) is 23.3 Å². The van der Waals surface area contributed by atoms with Gasteiger partial charge in [-0.1, -0.05) is 43.5 Å². The van der Waals surface area contributed by atoms with Crippen molar-refractivity contribution in [1.29, 1.82) is 0 Å². The van der Waals surface area contributed by atoms with Gasteiger partial charge >= 0.3 is 12.1 Å². The van der Waals surface area contributed by atoms with Gasteiger partial charge in [-0.3, -0.25) is 0 Å². The van der Waals surface area contributed by atoms with Crippen molar-refractivity contribution in [2.75, 3.05) is 19.6 Å². The molecule has 3 rings (SSSR count). The van der Waals surface area contributed by atoms with Gasteiger partial charge in [0.1, 0.15) is 0 Å². The second-order valence-electron chi connectivity index (χ2n) is 9.42. The third-order valence-corrected chi connectivity index (χ3v) is 8.38. The fourth-order valence-corrected chi connectivity index (χ4v) is 5.66. The highest BCUT2D eigenvalue weighted by molar-refractivity contribution is 7.90. The van der Waals surface area contributed by atoms with Crippen molar-refractivity contribution in [2.45, 2.75) is 76.7 Å². The predicted octanol–water partition coefficient (Wildman–Crippen LogP) is 3.94. The molecule has 9 heteroatoms. The number of nitrogens with zero attached hydrogens (tertiary/aromatic N) is 1. The smallest absolute Gasteiger partial charge is 0.328 e. The van der Waals surface area contributed by atoms with Crippen LogP contribution in [0.4, 0.5) is 9.59 Å². The van der Waals surface area contributed by atoms with Gasteiger partial charge < -0.3 is 15.5 Å². The van der Waals surface area contributed by atoms with Crippen LogP contribution in [-0.4, -0.2) is 51.1 Å². The Balaban J connectivity index is 1.43. The Morgan fingerprint density at radius 1 is 1.03 bits per heavy atom. The third-order valence-electron chi connectivity index (χ3n) is 7.04. The molecule has 1 aliphatic heterocycles. The van der Waals surface area contributed by atoms with Crippen LogP contribution in [0.25, 0.3) is 0 Å². The Kier molecular flexibility index (Phi) is 8.99. The van der Waals surface area contributed by atoms with Crippen LogP contribution < -0.4 is 15.4 Å². The van der Waals surface area contributed by atoms with Crippen LogP contribution in [0.15, 0.2) is 40.3 Å². The highest BCUT2D eigenvalue weighted by atomic mass is 32.2. The van der Waals surface area contributed by atoms with Crippen LogP contribution >= 0.6 is 0 Å². The number of hydrogen-bond acceptors (Lipinski definition) is 4. The molecule has 4 amide bonds. The van der Waals surface area contributed by atoms with Crippen LogP contribution in [0, 0.1) is 5.92 Å². The largest absolute Gasteiger partial charge is 0.338 e. The second kappa shape index (κ2) is 11.7. The van der Waals surface area contributed by atoms with Crippen molar-refractivity contribution in [3.63, 3.8) is 0 Å². The minimum Gasteiger partial charge on any atom is -0.338 e. The number of urea groups is 2. The molecule has 2 aliphatic rings. The average Bonchev–Trinajstić information content (AvgIpc) is 3.20. The van der Waals surface area contributed by atoms with Gasteiger partial charge in [-0.25, -0.2) is 22.7 Å². The molecule has 0 saturated heterocycles. The van der Waals surface area contributed by atoms with Gasteiger partial charge in [0, 0.05) is 25.7 Å². The van der Waals surface area contributed by atoms with E-state index in [1.807, 2.05) is 0 Å². The lowest BCUT2D eigenvalue weighted by Crippen LogP contribution is -2.45. The normalized spacial score (nSPS) is 20.9. The number of carbonyl (C=O) groups excluding carboxylic acids is 2. The summed E-state index contributed by atoms with van der Waals surface area (Å²) in [5.41, 5.74) is 3.49. The first-order valence-corrected chi connectivity index (χ1v) is 13.8. The first kappa shape index (κ1) is 26.1. The predicted molar refractivity (Wildman–Crippen MR) is 133 cm³/mol. The van der Waals surface area contributed by atoms with E-state index < -0.39 is 16.1 Å². The van der Waals surface area contributed by atoms with Gasteiger partial charge in [-0.2, -0.15) is 0 Å². The molecule has 1 aliphatic carbocycles. The zero-order valence-corrected chi connectivity index (χ0v) is 21.3. The zero-order valence-electron chi connectivity index (χ0n) is 20.5. The molecular weight excluding hydrogens is 452 g/mol. The van der Waals surface area contributed by atoms with Crippen molar-refractivity contribution >= 4 is 22.1 Å². The van der Waals surface area contributed by atoms with Crippen LogP contribution in [0.2, 0.25) is 0 Å². The van der Waals surface area contributed by atoms with E-state index in [0.717, 1.165) is 44.1 Å². The van der Waals surface area contributed by atoms with Gasteiger partial charge in [-0.15, -0.1) is 0 Å². The Labute approximate surface area is 203 Å². The summed E-state index contributed by atoms with van der Waals surface area (Å²) in [6.07, 6.45) is 6.57. The summed E-state index contributed by atoms with van der Waals surface area (Å²) < 4.78 is 27.3. The van der Waals surface area contributed by atoms with E-state index >= 15 is 0 Å². The fraction of sp³-hybridized carbons (Fsp3) is 0.600. The maximum Gasteiger partial charge on any atom is 0.328 e. The number of carbonyl (C=O) groups is 2. The lowest BCUT2D eigenvalue weighted by molar-refractivity contribution is 0.209. The van der Waals surface area contributed by atoms with Crippen LogP contribution in [0.1, 0.15) is 64.9 Å². The molecule has 0 spiro atoms. The number of amides is 4. The molecule has 1 fully saturated rings. The molecule has 1 saturated carbocycles. The third kappa shape index (κ3) is 6.98. The monoisotopic (exact) mass is 490 g/mol. The highest BCUT2D eigenvalue weighted by Crippen LogP contribution is 2.26. The van der Waals surface area contributed by atoms with Crippen LogP contribution in [-0.2, 0) is 16.4 Å². The maximum atomic E-state index is 12.6. The van der Waals surface area contributed by atoms with E-state index in [4.69, 9.17) is 0 Å². The first-order valence-electron chi connectivity index (χ1n) is 12.3. The number of hydrogen-bond donors (Lipinski definition) is 3. The average molecular weight is 491 g/mol. The molecule has 8 nitrogen and oxygen atoms in total. The van der Waals surface area contributed by atoms with E-state index in [-0.39, 0.29) is 17.0 Å². The molecule has 1 heterocycles. The lowest BCUT2D eigenvalue weighted by Gasteiger charge is -2.28. The van der Waals surface area contributed by atoms with Crippen LogP contribution in [0.5, 0.6) is 0 Å². The van der Waals surface area contributed by atoms with E-state index in [0.29, 0.717) is 32.0 Å². The number of sulfonamides is 1. The standard InChI is InChI=1S/C25H38N4O4S/c1-4-19-6-10-22(11-7-19)27-24(30)28-34(32,33)23-12-8-20(9-13-23)14-15-26-25(31)29-16-18(3)21(5-2)17-29/h8-9,12-13,19,22H,4-7,10-11,14-17H2,1-3H3,(H,26,31)(H2,27,28,30). The molecule has 188 valence electrons. The molecule has 0 bridgehead atoms. The van der Waals surface area contributed by atoms with E-state index in [2.05, 4.69) is 36.1 Å². The summed E-state index contributed by atoms with van der Waals surface area (Å²) >= 11 is 0. The summed E-state index contributed by atoms with van der Waals surface area (Å²) in [6.45, 7) is 8.15. The summed E-state index contributed by atoms with van der Waals surface area (Å²) in [7, 11) is -3.94. The topological polar surface area (TPSA) is 108 Å². The van der Waals surface area contributed by atoms with Crippen molar-refractivity contribution in [2.24, 2.45) is 5.92 Å². The quantitative estimate of drug-likeness (QED) is 0.480. The Morgan fingerprint density at radius 2 is 1.71 bits per heavy atom. The van der Waals surface area contributed by atoms with Gasteiger partial charge in [-0.05, 0) is 69.1 Å². The van der Waals surface area contributed by atoms with E-state index in [1.54, 1.807) is 17.0 Å². The molecule has 0 radical (unpaired) electrons. The zero-order chi connectivity index (χ0) is 24.7.